The predicted octanol–water partition coefficient (Wildman–Crippen LogP) is 7.36. The molecule has 0 saturated carbocycles. The first-order valence-electron chi connectivity index (χ1n) is 10.5. The van der Waals surface area contributed by atoms with Gasteiger partial charge in [-0.25, -0.2) is 0 Å². The Morgan fingerprint density at radius 3 is 1.15 bits per heavy atom. The molecular formula is C32H30SiTi. The Balaban J connectivity index is 0.000000249. The van der Waals surface area contributed by atoms with Gasteiger partial charge in [0.25, 0.3) is 0 Å². The van der Waals surface area contributed by atoms with Crippen molar-refractivity contribution in [3.8, 4) is 0 Å². The van der Waals surface area contributed by atoms with Gasteiger partial charge in [-0.2, -0.15) is 35.0 Å². The molecule has 0 bridgehead atoms. The smallest absolute Gasteiger partial charge is 0.358 e. The van der Waals surface area contributed by atoms with Crippen molar-refractivity contribution in [1.82, 2.24) is 0 Å². The summed E-state index contributed by atoms with van der Waals surface area (Å²) in [6.07, 6.45) is 0. The summed E-state index contributed by atoms with van der Waals surface area (Å²) in [6, 6.07) is 50.5. The van der Waals surface area contributed by atoms with Crippen LogP contribution in [0, 0.1) is 14.9 Å². The fourth-order valence-corrected chi connectivity index (χ4v) is 4.40. The fourth-order valence-electron chi connectivity index (χ4n) is 3.35. The molecule has 2 radical (unpaired) electrons. The Morgan fingerprint density at radius 2 is 0.765 bits per heavy atom. The maximum atomic E-state index is 2.17. The van der Waals surface area contributed by atoms with Gasteiger partial charge in [0.05, 0.1) is 0 Å². The average Bonchev–Trinajstić information content (AvgIpc) is 3.51. The van der Waals surface area contributed by atoms with Gasteiger partial charge >= 0.3 is 21.7 Å². The Labute approximate surface area is 222 Å². The van der Waals surface area contributed by atoms with Crippen LogP contribution in [-0.4, -0.2) is 9.52 Å². The van der Waals surface area contributed by atoms with E-state index in [1.807, 2.05) is 0 Å². The van der Waals surface area contributed by atoms with Crippen molar-refractivity contribution in [2.75, 3.05) is 0 Å². The van der Waals surface area contributed by atoms with Crippen molar-refractivity contribution >= 4 is 41.4 Å². The summed E-state index contributed by atoms with van der Waals surface area (Å²) in [7, 11) is 0.777. The average molecular weight is 491 g/mol. The van der Waals surface area contributed by atoms with E-state index in [1.54, 1.807) is 0 Å². The van der Waals surface area contributed by atoms with Crippen LogP contribution in [0.2, 0.25) is 0 Å². The molecular weight excluding hydrogens is 460 g/mol. The molecule has 0 aliphatic rings. The third-order valence-corrected chi connectivity index (χ3v) is 6.18. The normalized spacial score (nSPS) is 9.18. The van der Waals surface area contributed by atoms with Crippen molar-refractivity contribution in [3.05, 3.63) is 160 Å². The molecule has 0 aliphatic heterocycles. The first-order valence-corrected chi connectivity index (χ1v) is 11.5. The zero-order valence-corrected chi connectivity index (χ0v) is 22.4. The summed E-state index contributed by atoms with van der Waals surface area (Å²) in [5.41, 5.74) is 0. The van der Waals surface area contributed by atoms with Crippen LogP contribution >= 0.6 is 0 Å². The summed E-state index contributed by atoms with van der Waals surface area (Å²) in [5, 5.41) is 8.12. The monoisotopic (exact) mass is 490 g/mol. The van der Waals surface area contributed by atoms with Crippen molar-refractivity contribution in [1.29, 1.82) is 0 Å². The minimum Gasteiger partial charge on any atom is -0.358 e. The Bertz CT molecular complexity index is 1140. The molecule has 0 aliphatic carbocycles. The summed E-state index contributed by atoms with van der Waals surface area (Å²) < 4.78 is 0. The molecule has 0 aromatic heterocycles. The van der Waals surface area contributed by atoms with Gasteiger partial charge in [0.15, 0.2) is 0 Å². The zero-order valence-electron chi connectivity index (χ0n) is 19.9. The molecule has 0 fully saturated rings. The third kappa shape index (κ3) is 8.76. The second-order valence-electron chi connectivity index (χ2n) is 7.17. The van der Waals surface area contributed by atoms with Crippen molar-refractivity contribution < 1.29 is 21.7 Å². The topological polar surface area (TPSA) is 0 Å². The van der Waals surface area contributed by atoms with Gasteiger partial charge in [-0.1, -0.05) is 83.2 Å². The zero-order chi connectivity index (χ0) is 21.1. The van der Waals surface area contributed by atoms with Crippen LogP contribution in [0.3, 0.4) is 0 Å². The Kier molecular flexibility index (Phi) is 13.5. The molecule has 0 N–H and O–H groups in total. The second-order valence-corrected chi connectivity index (χ2v) is 8.57. The molecule has 0 atom stereocenters. The van der Waals surface area contributed by atoms with Gasteiger partial charge in [-0.05, 0) is 0 Å². The van der Waals surface area contributed by atoms with E-state index in [0.29, 0.717) is 0 Å². The van der Waals surface area contributed by atoms with Crippen LogP contribution in [0.4, 0.5) is 0 Å². The van der Waals surface area contributed by atoms with Crippen molar-refractivity contribution in [2.24, 2.45) is 0 Å². The summed E-state index contributed by atoms with van der Waals surface area (Å²) >= 11 is 0. The van der Waals surface area contributed by atoms with Gasteiger partial charge in [0.1, 0.15) is 9.52 Å². The van der Waals surface area contributed by atoms with Gasteiger partial charge in [-0.15, -0.1) is 59.3 Å². The second kappa shape index (κ2) is 15.8. The van der Waals surface area contributed by atoms with Crippen LogP contribution in [0.15, 0.2) is 146 Å². The molecule has 166 valence electrons. The predicted molar refractivity (Wildman–Crippen MR) is 150 cm³/mol. The van der Waals surface area contributed by atoms with E-state index in [2.05, 4.69) is 146 Å². The molecule has 0 saturated heterocycles. The SMILES string of the molecule is [CH3-].[CH3-].[Ti+4].c1ccc([Si]c2ccccc2)cc1.c1ccc2[cH-]ccc2c1.c1ccc2[cH-]ccc2c1. The molecule has 0 amide bonds. The van der Waals surface area contributed by atoms with Crippen LogP contribution in [0.25, 0.3) is 21.5 Å². The number of fused-ring (bicyclic) bond motifs is 2. The molecule has 34 heavy (non-hydrogen) atoms. The molecule has 6 aromatic rings. The largest absolute Gasteiger partial charge is 4.00 e. The third-order valence-electron chi connectivity index (χ3n) is 4.93. The van der Waals surface area contributed by atoms with E-state index < -0.39 is 0 Å². The first-order chi connectivity index (χ1) is 15.4. The van der Waals surface area contributed by atoms with E-state index in [9.17, 15) is 0 Å². The van der Waals surface area contributed by atoms with E-state index in [4.69, 9.17) is 0 Å². The van der Waals surface area contributed by atoms with Crippen molar-refractivity contribution in [3.63, 3.8) is 0 Å². The molecule has 0 heterocycles. The molecule has 2 heteroatoms. The van der Waals surface area contributed by atoms with E-state index >= 15 is 0 Å². The summed E-state index contributed by atoms with van der Waals surface area (Å²) in [5.74, 6) is 0. The Hall–Kier alpha value is -2.97. The number of hydrogen-bond acceptors (Lipinski definition) is 0. The standard InChI is InChI=1S/C12H10Si.2C9H7.2CH3.Ti/c1-3-7-11(8-4-1)13-12-9-5-2-6-10-12;2*1-2-5-9-7-3-6-8(9)4-1;;;/h1-10H;2*1-7H;2*1H3;/q;4*-1;+4. The van der Waals surface area contributed by atoms with Gasteiger partial charge in [0, 0.05) is 0 Å². The maximum Gasteiger partial charge on any atom is 4.00 e. The molecule has 0 spiro atoms. The minimum absolute atomic E-state index is 0. The van der Waals surface area contributed by atoms with Gasteiger partial charge < -0.3 is 14.9 Å². The van der Waals surface area contributed by atoms with Gasteiger partial charge in [-0.3, -0.25) is 0 Å². The summed E-state index contributed by atoms with van der Waals surface area (Å²) in [4.78, 5) is 0. The molecule has 6 rings (SSSR count). The maximum absolute atomic E-state index is 2.17. The fraction of sp³-hybridized carbons (Fsp3) is 0. The Morgan fingerprint density at radius 1 is 0.412 bits per heavy atom. The van der Waals surface area contributed by atoms with Crippen LogP contribution < -0.4 is 10.4 Å². The summed E-state index contributed by atoms with van der Waals surface area (Å²) in [6.45, 7) is 0. The van der Waals surface area contributed by atoms with E-state index in [0.717, 1.165) is 9.52 Å². The molecule has 0 unspecified atom stereocenters. The molecule has 6 aromatic carbocycles. The van der Waals surface area contributed by atoms with E-state index in [-0.39, 0.29) is 36.6 Å². The number of rotatable bonds is 2. The van der Waals surface area contributed by atoms with E-state index in [1.165, 1.54) is 31.9 Å². The van der Waals surface area contributed by atoms with Crippen molar-refractivity contribution in [2.45, 2.75) is 0 Å². The first kappa shape index (κ1) is 29.1. The molecule has 0 nitrogen and oxygen atoms in total. The van der Waals surface area contributed by atoms with Gasteiger partial charge in [0.2, 0.25) is 0 Å². The van der Waals surface area contributed by atoms with Crippen LogP contribution in [-0.2, 0) is 21.7 Å². The number of hydrogen-bond donors (Lipinski definition) is 0. The number of benzene rings is 4. The quantitative estimate of drug-likeness (QED) is 0.176. The minimum atomic E-state index is 0. The van der Waals surface area contributed by atoms with Crippen LogP contribution in [0.1, 0.15) is 0 Å². The van der Waals surface area contributed by atoms with Crippen LogP contribution in [0.5, 0.6) is 0 Å².